The van der Waals surface area contributed by atoms with E-state index in [9.17, 15) is 13.4 Å². The van der Waals surface area contributed by atoms with E-state index < -0.39 is 16.8 Å². The first-order valence-electron chi connectivity index (χ1n) is 5.78. The molecule has 2 aromatic rings. The minimum Gasteiger partial charge on any atom is -0.481 e. The topological polar surface area (TPSA) is 72.2 Å². The summed E-state index contributed by atoms with van der Waals surface area (Å²) in [5, 5.41) is 9.23. The summed E-state index contributed by atoms with van der Waals surface area (Å²) in [5.74, 6) is -1.05. The molecule has 1 unspecified atom stereocenters. The van der Waals surface area contributed by atoms with E-state index in [0.29, 0.717) is 28.5 Å². The van der Waals surface area contributed by atoms with Crippen molar-refractivity contribution in [3.8, 4) is 0 Å². The summed E-state index contributed by atoms with van der Waals surface area (Å²) in [6.07, 6.45) is 1.59. The van der Waals surface area contributed by atoms with Gasteiger partial charge in [-0.2, -0.15) is 0 Å². The molecule has 1 aromatic carbocycles. The Morgan fingerprint density at radius 3 is 2.95 bits per heavy atom. The number of hydrogen-bond donors (Lipinski definition) is 1. The summed E-state index contributed by atoms with van der Waals surface area (Å²) < 4.78 is 26.3. The van der Waals surface area contributed by atoms with Crippen LogP contribution in [-0.2, 0) is 22.1 Å². The molecule has 108 valence electrons. The van der Waals surface area contributed by atoms with Crippen LogP contribution in [0.2, 0.25) is 0 Å². The predicted octanol–water partition coefficient (Wildman–Crippen LogP) is 1.73. The van der Waals surface area contributed by atoms with Crippen molar-refractivity contribution in [1.82, 2.24) is 9.55 Å². The van der Waals surface area contributed by atoms with Crippen LogP contribution in [0.1, 0.15) is 0 Å². The molecule has 2 rings (SSSR count). The van der Waals surface area contributed by atoms with Crippen molar-refractivity contribution >= 4 is 39.6 Å². The molecule has 1 N–H and O–H groups in total. The standard InChI is InChI=1S/C12H13FN2O3S2/c1-20(18)5-4-15-10-6-8(13)2-3-9(10)14-12(15)19-7-11(16)17/h2-3,6H,4-5,7H2,1H3,(H,16,17). The first-order valence-corrected chi connectivity index (χ1v) is 8.49. The van der Waals surface area contributed by atoms with Gasteiger partial charge in [0.1, 0.15) is 5.82 Å². The number of hydrogen-bond acceptors (Lipinski definition) is 4. The van der Waals surface area contributed by atoms with Crippen LogP contribution in [0.25, 0.3) is 11.0 Å². The average molecular weight is 316 g/mol. The summed E-state index contributed by atoms with van der Waals surface area (Å²) in [6.45, 7) is 0.408. The molecule has 0 saturated heterocycles. The molecule has 0 fully saturated rings. The zero-order valence-electron chi connectivity index (χ0n) is 10.7. The number of aliphatic carboxylic acids is 1. The van der Waals surface area contributed by atoms with Gasteiger partial charge < -0.3 is 9.67 Å². The van der Waals surface area contributed by atoms with Gasteiger partial charge >= 0.3 is 5.97 Å². The fourth-order valence-electron chi connectivity index (χ4n) is 1.75. The fourth-order valence-corrected chi connectivity index (χ4v) is 2.95. The van der Waals surface area contributed by atoms with E-state index in [-0.39, 0.29) is 11.6 Å². The molecule has 5 nitrogen and oxygen atoms in total. The van der Waals surface area contributed by atoms with Crippen molar-refractivity contribution in [2.45, 2.75) is 11.7 Å². The summed E-state index contributed by atoms with van der Waals surface area (Å²) >= 11 is 1.07. The number of imidazole rings is 1. The van der Waals surface area contributed by atoms with Crippen molar-refractivity contribution in [3.05, 3.63) is 24.0 Å². The number of benzene rings is 1. The smallest absolute Gasteiger partial charge is 0.313 e. The van der Waals surface area contributed by atoms with Gasteiger partial charge in [0.2, 0.25) is 0 Å². The first-order chi connectivity index (χ1) is 9.47. The number of rotatable bonds is 6. The zero-order chi connectivity index (χ0) is 14.7. The number of aromatic nitrogens is 2. The average Bonchev–Trinajstić information content (AvgIpc) is 2.71. The summed E-state index contributed by atoms with van der Waals surface area (Å²) in [4.78, 5) is 15.0. The van der Waals surface area contributed by atoms with Gasteiger partial charge in [0.15, 0.2) is 5.16 Å². The molecule has 1 aromatic heterocycles. The molecular weight excluding hydrogens is 303 g/mol. The van der Waals surface area contributed by atoms with Crippen molar-refractivity contribution in [2.24, 2.45) is 0 Å². The summed E-state index contributed by atoms with van der Waals surface area (Å²) in [7, 11) is -0.987. The number of carboxylic acids is 1. The molecule has 1 heterocycles. The van der Waals surface area contributed by atoms with Gasteiger partial charge in [-0.1, -0.05) is 11.8 Å². The Kier molecular flexibility index (Phi) is 4.77. The maximum Gasteiger partial charge on any atom is 0.313 e. The lowest BCUT2D eigenvalue weighted by atomic mass is 10.3. The van der Waals surface area contributed by atoms with Crippen LogP contribution in [-0.4, -0.2) is 42.6 Å². The summed E-state index contributed by atoms with van der Waals surface area (Å²) in [6, 6.07) is 4.21. The van der Waals surface area contributed by atoms with Gasteiger partial charge in [-0.25, -0.2) is 9.37 Å². The van der Waals surface area contributed by atoms with Crippen molar-refractivity contribution in [3.63, 3.8) is 0 Å². The van der Waals surface area contributed by atoms with E-state index in [1.807, 2.05) is 0 Å². The Morgan fingerprint density at radius 2 is 2.30 bits per heavy atom. The Morgan fingerprint density at radius 1 is 1.55 bits per heavy atom. The van der Waals surface area contributed by atoms with E-state index in [4.69, 9.17) is 5.11 Å². The van der Waals surface area contributed by atoms with Crippen LogP contribution in [0.15, 0.2) is 23.4 Å². The van der Waals surface area contributed by atoms with E-state index >= 15 is 0 Å². The van der Waals surface area contributed by atoms with Crippen molar-refractivity contribution < 1.29 is 18.5 Å². The third-order valence-electron chi connectivity index (χ3n) is 2.60. The Balaban J connectivity index is 2.40. The maximum atomic E-state index is 13.3. The highest BCUT2D eigenvalue weighted by molar-refractivity contribution is 7.99. The largest absolute Gasteiger partial charge is 0.481 e. The minimum absolute atomic E-state index is 0.124. The molecule has 0 radical (unpaired) electrons. The first kappa shape index (κ1) is 15.0. The highest BCUT2D eigenvalue weighted by Gasteiger charge is 2.13. The van der Waals surface area contributed by atoms with Gasteiger partial charge in [-0.15, -0.1) is 0 Å². The number of carboxylic acid groups (broad SMARTS) is 1. The normalized spacial score (nSPS) is 12.7. The van der Waals surface area contributed by atoms with Crippen molar-refractivity contribution in [1.29, 1.82) is 0 Å². The third kappa shape index (κ3) is 3.57. The highest BCUT2D eigenvalue weighted by atomic mass is 32.2. The second-order valence-electron chi connectivity index (χ2n) is 4.14. The molecular formula is C12H13FN2O3S2. The van der Waals surface area contributed by atoms with E-state index in [0.717, 1.165) is 11.8 Å². The molecule has 0 bridgehead atoms. The van der Waals surface area contributed by atoms with Crippen LogP contribution in [0.3, 0.4) is 0 Å². The molecule has 1 atom stereocenters. The van der Waals surface area contributed by atoms with Crippen LogP contribution < -0.4 is 0 Å². The van der Waals surface area contributed by atoms with Crippen LogP contribution in [0.5, 0.6) is 0 Å². The predicted molar refractivity (Wildman–Crippen MR) is 77.0 cm³/mol. The van der Waals surface area contributed by atoms with Crippen molar-refractivity contribution in [2.75, 3.05) is 17.8 Å². The van der Waals surface area contributed by atoms with Gasteiger partial charge in [-0.05, 0) is 18.2 Å². The Bertz CT molecular complexity index is 672. The number of halogens is 1. The SMILES string of the molecule is CS(=O)CCn1c(SCC(=O)O)nc2ccc(F)cc21. The maximum absolute atomic E-state index is 13.3. The minimum atomic E-state index is -0.987. The van der Waals surface area contributed by atoms with Crippen LogP contribution in [0.4, 0.5) is 4.39 Å². The molecule has 0 amide bonds. The van der Waals surface area contributed by atoms with Gasteiger partial charge in [0.05, 0.1) is 16.8 Å². The van der Waals surface area contributed by atoms with Gasteiger partial charge in [0, 0.05) is 29.4 Å². The highest BCUT2D eigenvalue weighted by Crippen LogP contribution is 2.24. The molecule has 20 heavy (non-hydrogen) atoms. The number of nitrogens with zero attached hydrogens (tertiary/aromatic N) is 2. The van der Waals surface area contributed by atoms with Gasteiger partial charge in [0.25, 0.3) is 0 Å². The second kappa shape index (κ2) is 6.36. The number of aryl methyl sites for hydroxylation is 1. The summed E-state index contributed by atoms with van der Waals surface area (Å²) in [5.41, 5.74) is 1.18. The lowest BCUT2D eigenvalue weighted by molar-refractivity contribution is -0.133. The monoisotopic (exact) mass is 316 g/mol. The van der Waals surface area contributed by atoms with E-state index in [2.05, 4.69) is 4.98 Å². The Labute approximate surface area is 121 Å². The molecule has 0 aliphatic carbocycles. The number of carbonyl (C=O) groups is 1. The van der Waals surface area contributed by atoms with Gasteiger partial charge in [-0.3, -0.25) is 9.00 Å². The molecule has 8 heteroatoms. The van der Waals surface area contributed by atoms with E-state index in [1.165, 1.54) is 12.1 Å². The molecule has 0 aliphatic rings. The van der Waals surface area contributed by atoms with Crippen LogP contribution >= 0.6 is 11.8 Å². The second-order valence-corrected chi connectivity index (χ2v) is 6.64. The molecule has 0 saturated carbocycles. The third-order valence-corrected chi connectivity index (χ3v) is 4.32. The molecule has 0 spiro atoms. The lowest BCUT2D eigenvalue weighted by Gasteiger charge is -2.07. The lowest BCUT2D eigenvalue weighted by Crippen LogP contribution is -2.08. The van der Waals surface area contributed by atoms with E-state index in [1.54, 1.807) is 16.9 Å². The molecule has 0 aliphatic heterocycles. The fraction of sp³-hybridized carbons (Fsp3) is 0.333. The Hall–Kier alpha value is -1.41. The number of thioether (sulfide) groups is 1. The van der Waals surface area contributed by atoms with Crippen LogP contribution in [0, 0.1) is 5.82 Å². The zero-order valence-corrected chi connectivity index (χ0v) is 12.3. The number of fused-ring (bicyclic) bond motifs is 1. The quantitative estimate of drug-likeness (QED) is 0.822.